The first-order valence-electron chi connectivity index (χ1n) is 7.49. The lowest BCUT2D eigenvalue weighted by Gasteiger charge is -2.08. The van der Waals surface area contributed by atoms with Gasteiger partial charge in [0.1, 0.15) is 11.3 Å². The third kappa shape index (κ3) is 2.58. The van der Waals surface area contributed by atoms with Gasteiger partial charge >= 0.3 is 5.97 Å². The predicted octanol–water partition coefficient (Wildman–Crippen LogP) is 3.42. The van der Waals surface area contributed by atoms with Crippen LogP contribution in [0.3, 0.4) is 0 Å². The molecule has 3 rings (SSSR count). The van der Waals surface area contributed by atoms with Gasteiger partial charge in [0.15, 0.2) is 11.9 Å². The van der Waals surface area contributed by atoms with Gasteiger partial charge in [-0.15, -0.1) is 0 Å². The number of Topliss-reactive ketones (excluding diaryl/α,β-unsaturated/α-hetero) is 1. The molecule has 0 radical (unpaired) electrons. The molecule has 1 aliphatic rings. The maximum Gasteiger partial charge on any atom is 0.375 e. The molecule has 0 spiro atoms. The van der Waals surface area contributed by atoms with Gasteiger partial charge in [0.25, 0.3) is 0 Å². The van der Waals surface area contributed by atoms with E-state index in [4.69, 9.17) is 13.9 Å². The van der Waals surface area contributed by atoms with Gasteiger partial charge in [-0.25, -0.2) is 4.79 Å². The normalized spacial score (nSPS) is 17.9. The number of hydrogen-bond acceptors (Lipinski definition) is 5. The molecule has 1 saturated carbocycles. The monoisotopic (exact) mass is 302 g/mol. The molecule has 1 aliphatic carbocycles. The Hall–Kier alpha value is -2.30. The van der Waals surface area contributed by atoms with Crippen molar-refractivity contribution in [2.24, 2.45) is 0 Å². The summed E-state index contributed by atoms with van der Waals surface area (Å²) >= 11 is 0. The molecule has 0 N–H and O–H groups in total. The molecule has 1 fully saturated rings. The van der Waals surface area contributed by atoms with E-state index in [0.29, 0.717) is 30.6 Å². The summed E-state index contributed by atoms with van der Waals surface area (Å²) in [6.45, 7) is 4.28. The average molecular weight is 302 g/mol. The molecule has 116 valence electrons. The van der Waals surface area contributed by atoms with Crippen LogP contribution >= 0.6 is 0 Å². The third-order valence-electron chi connectivity index (χ3n) is 3.90. The number of ether oxygens (including phenoxy) is 2. The predicted molar refractivity (Wildman–Crippen MR) is 80.2 cm³/mol. The van der Waals surface area contributed by atoms with Gasteiger partial charge in [-0.2, -0.15) is 0 Å². The molecule has 1 heterocycles. The minimum Gasteiger partial charge on any atom is -0.494 e. The summed E-state index contributed by atoms with van der Waals surface area (Å²) < 4.78 is 16.3. The van der Waals surface area contributed by atoms with E-state index in [9.17, 15) is 9.59 Å². The number of rotatable bonds is 4. The Labute approximate surface area is 128 Å². The van der Waals surface area contributed by atoms with E-state index in [1.54, 1.807) is 19.1 Å². The van der Waals surface area contributed by atoms with Gasteiger partial charge in [0.05, 0.1) is 6.61 Å². The minimum absolute atomic E-state index is 0.0132. The van der Waals surface area contributed by atoms with Crippen LogP contribution in [0, 0.1) is 6.92 Å². The summed E-state index contributed by atoms with van der Waals surface area (Å²) in [5.41, 5.74) is 1.30. The first-order chi connectivity index (χ1) is 10.6. The number of carbonyl (C=O) groups excluding carboxylic acids is 2. The summed E-state index contributed by atoms with van der Waals surface area (Å²) in [6, 6.07) is 5.41. The van der Waals surface area contributed by atoms with E-state index in [2.05, 4.69) is 0 Å². The number of ketones is 1. The third-order valence-corrected chi connectivity index (χ3v) is 3.90. The highest BCUT2D eigenvalue weighted by molar-refractivity contribution is 5.98. The highest BCUT2D eigenvalue weighted by Crippen LogP contribution is 2.30. The van der Waals surface area contributed by atoms with Crippen LogP contribution in [0.15, 0.2) is 22.6 Å². The second-order valence-corrected chi connectivity index (χ2v) is 5.40. The molecule has 2 aromatic rings. The Kier molecular flexibility index (Phi) is 3.88. The van der Waals surface area contributed by atoms with Gasteiger partial charge in [-0.3, -0.25) is 4.79 Å². The van der Waals surface area contributed by atoms with E-state index in [1.165, 1.54) is 0 Å². The number of carbonyl (C=O) groups is 2. The SMILES string of the molecule is CCOc1ccc2oc(C(=O)OC3CCCC3=O)c(C)c2c1. The van der Waals surface area contributed by atoms with Crippen molar-refractivity contribution >= 4 is 22.7 Å². The first-order valence-corrected chi connectivity index (χ1v) is 7.49. The fourth-order valence-corrected chi connectivity index (χ4v) is 2.74. The molecule has 22 heavy (non-hydrogen) atoms. The van der Waals surface area contributed by atoms with E-state index >= 15 is 0 Å². The van der Waals surface area contributed by atoms with Crippen molar-refractivity contribution in [1.29, 1.82) is 0 Å². The first kappa shape index (κ1) is 14.6. The zero-order valence-corrected chi connectivity index (χ0v) is 12.7. The van der Waals surface area contributed by atoms with Crippen LogP contribution in [-0.2, 0) is 9.53 Å². The number of hydrogen-bond donors (Lipinski definition) is 0. The van der Waals surface area contributed by atoms with Gasteiger partial charge < -0.3 is 13.9 Å². The Morgan fingerprint density at radius 2 is 2.23 bits per heavy atom. The lowest BCUT2D eigenvalue weighted by molar-refractivity contribution is -0.124. The van der Waals surface area contributed by atoms with Crippen molar-refractivity contribution in [2.75, 3.05) is 6.61 Å². The van der Waals surface area contributed by atoms with Crippen LogP contribution < -0.4 is 4.74 Å². The average Bonchev–Trinajstić information content (AvgIpc) is 3.04. The molecule has 1 atom stereocenters. The number of furan rings is 1. The minimum atomic E-state index is -0.626. The van der Waals surface area contributed by atoms with E-state index in [0.717, 1.165) is 17.6 Å². The van der Waals surface area contributed by atoms with Crippen molar-refractivity contribution in [2.45, 2.75) is 39.2 Å². The molecule has 0 bridgehead atoms. The molecule has 5 heteroatoms. The van der Waals surface area contributed by atoms with Crippen molar-refractivity contribution in [3.05, 3.63) is 29.5 Å². The lowest BCUT2D eigenvalue weighted by atomic mass is 10.1. The van der Waals surface area contributed by atoms with E-state index in [1.807, 2.05) is 13.0 Å². The quantitative estimate of drug-likeness (QED) is 0.810. The lowest BCUT2D eigenvalue weighted by Crippen LogP contribution is -2.22. The molecular formula is C17H18O5. The molecule has 0 aliphatic heterocycles. The molecule has 1 aromatic carbocycles. The second kappa shape index (κ2) is 5.83. The van der Waals surface area contributed by atoms with Crippen molar-refractivity contribution in [3.8, 4) is 5.75 Å². The molecule has 5 nitrogen and oxygen atoms in total. The van der Waals surface area contributed by atoms with E-state index in [-0.39, 0.29) is 11.5 Å². The van der Waals surface area contributed by atoms with Crippen LogP contribution in [0.25, 0.3) is 11.0 Å². The van der Waals surface area contributed by atoms with Crippen LogP contribution in [0.2, 0.25) is 0 Å². The highest BCUT2D eigenvalue weighted by atomic mass is 16.6. The Morgan fingerprint density at radius 3 is 2.91 bits per heavy atom. The zero-order chi connectivity index (χ0) is 15.7. The summed E-state index contributed by atoms with van der Waals surface area (Å²) in [4.78, 5) is 23.8. The molecule has 0 amide bonds. The second-order valence-electron chi connectivity index (χ2n) is 5.40. The summed E-state index contributed by atoms with van der Waals surface area (Å²) in [6.07, 6.45) is 1.22. The number of fused-ring (bicyclic) bond motifs is 1. The highest BCUT2D eigenvalue weighted by Gasteiger charge is 2.30. The molecule has 0 saturated heterocycles. The number of esters is 1. The smallest absolute Gasteiger partial charge is 0.375 e. The fourth-order valence-electron chi connectivity index (χ4n) is 2.74. The van der Waals surface area contributed by atoms with Crippen molar-refractivity contribution in [1.82, 2.24) is 0 Å². The van der Waals surface area contributed by atoms with Gasteiger partial charge in [0, 0.05) is 17.4 Å². The Bertz CT molecular complexity index is 728. The topological polar surface area (TPSA) is 65.7 Å². The standard InChI is InChI=1S/C17H18O5/c1-3-20-11-7-8-14-12(9-11)10(2)16(21-14)17(19)22-15-6-4-5-13(15)18/h7-9,15H,3-6H2,1-2H3. The van der Waals surface area contributed by atoms with E-state index < -0.39 is 12.1 Å². The molecule has 1 aromatic heterocycles. The zero-order valence-electron chi connectivity index (χ0n) is 12.7. The van der Waals surface area contributed by atoms with Gasteiger partial charge in [-0.1, -0.05) is 0 Å². The maximum atomic E-state index is 12.2. The Morgan fingerprint density at radius 1 is 1.41 bits per heavy atom. The number of aryl methyl sites for hydroxylation is 1. The van der Waals surface area contributed by atoms with Crippen molar-refractivity contribution < 1.29 is 23.5 Å². The van der Waals surface area contributed by atoms with Crippen LogP contribution in [0.5, 0.6) is 5.75 Å². The fraction of sp³-hybridized carbons (Fsp3) is 0.412. The van der Waals surface area contributed by atoms with Crippen LogP contribution in [-0.4, -0.2) is 24.5 Å². The summed E-state index contributed by atoms with van der Waals surface area (Å²) in [5, 5.41) is 0.815. The Balaban J connectivity index is 1.88. The van der Waals surface area contributed by atoms with Crippen LogP contribution in [0.4, 0.5) is 0 Å². The van der Waals surface area contributed by atoms with Gasteiger partial charge in [0.2, 0.25) is 5.76 Å². The molecular weight excluding hydrogens is 284 g/mol. The number of benzene rings is 1. The van der Waals surface area contributed by atoms with Crippen LogP contribution in [0.1, 0.15) is 42.3 Å². The maximum absolute atomic E-state index is 12.2. The van der Waals surface area contributed by atoms with Gasteiger partial charge in [-0.05, 0) is 44.9 Å². The summed E-state index contributed by atoms with van der Waals surface area (Å²) in [7, 11) is 0. The largest absolute Gasteiger partial charge is 0.494 e. The molecule has 1 unspecified atom stereocenters. The summed E-state index contributed by atoms with van der Waals surface area (Å²) in [5.74, 6) is 0.292. The van der Waals surface area contributed by atoms with Crippen molar-refractivity contribution in [3.63, 3.8) is 0 Å².